The van der Waals surface area contributed by atoms with Crippen LogP contribution in [0.1, 0.15) is 37.9 Å². The first kappa shape index (κ1) is 21.9. The van der Waals surface area contributed by atoms with E-state index < -0.39 is 6.04 Å². The highest BCUT2D eigenvalue weighted by Crippen LogP contribution is 2.23. The van der Waals surface area contributed by atoms with Gasteiger partial charge in [0.2, 0.25) is 17.8 Å². The summed E-state index contributed by atoms with van der Waals surface area (Å²) in [7, 11) is 0. The van der Waals surface area contributed by atoms with E-state index in [1.807, 2.05) is 36.1 Å². The minimum absolute atomic E-state index is 0.0162. The lowest BCUT2D eigenvalue weighted by molar-refractivity contribution is -0.140. The predicted octanol–water partition coefficient (Wildman–Crippen LogP) is 2.50. The molecule has 2 fully saturated rings. The number of nitrogens with zero attached hydrogens (tertiary/aromatic N) is 4. The summed E-state index contributed by atoms with van der Waals surface area (Å²) >= 11 is 0. The molecule has 32 heavy (non-hydrogen) atoms. The zero-order chi connectivity index (χ0) is 22.5. The molecule has 9 heteroatoms. The molecule has 170 valence electrons. The Morgan fingerprint density at radius 2 is 2.00 bits per heavy atom. The van der Waals surface area contributed by atoms with Gasteiger partial charge in [0.25, 0.3) is 0 Å². The molecule has 2 aliphatic rings. The fourth-order valence-electron chi connectivity index (χ4n) is 4.29. The van der Waals surface area contributed by atoms with Crippen molar-refractivity contribution >= 4 is 40.8 Å². The molecular formula is C23H30N6O3. The molecular weight excluding hydrogens is 408 g/mol. The Kier molecular flexibility index (Phi) is 6.72. The van der Waals surface area contributed by atoms with Gasteiger partial charge in [0, 0.05) is 30.7 Å². The van der Waals surface area contributed by atoms with Crippen LogP contribution in [0.15, 0.2) is 38.7 Å². The maximum absolute atomic E-state index is 13.2. The Morgan fingerprint density at radius 3 is 2.78 bits per heavy atom. The molecule has 0 aliphatic carbocycles. The summed E-state index contributed by atoms with van der Waals surface area (Å²) in [6.45, 7) is 4.15. The topological polar surface area (TPSA) is 117 Å². The molecule has 2 amide bonds. The number of fused-ring (bicyclic) bond motifs is 1. The van der Waals surface area contributed by atoms with Crippen LogP contribution in [-0.4, -0.2) is 66.1 Å². The van der Waals surface area contributed by atoms with Gasteiger partial charge < -0.3 is 25.3 Å². The fraction of sp³-hybridized carbons (Fsp3) is 0.478. The first-order chi connectivity index (χ1) is 15.5. The standard InChI is InChI=1S/C23H30N6O3/c1-16-12-17-13-18(7-8-20(17)32-16)26-23(25-15-24)27-19-6-2-3-11-29(22(19)31)14-21(30)28-9-4-5-10-28/h7-8,12-13,15,19H,2-6,9-11,14H2,1H3,(H3,24,25,26,27)/t19-/m0/s1. The van der Waals surface area contributed by atoms with Crippen LogP contribution in [0.25, 0.3) is 11.0 Å². The third-order valence-electron chi connectivity index (χ3n) is 5.91. The van der Waals surface area contributed by atoms with E-state index in [0.29, 0.717) is 13.0 Å². The summed E-state index contributed by atoms with van der Waals surface area (Å²) in [5.74, 6) is 0.974. The number of benzene rings is 1. The number of nitrogens with two attached hydrogens (primary N) is 1. The van der Waals surface area contributed by atoms with Crippen LogP contribution < -0.4 is 11.1 Å². The lowest BCUT2D eigenvalue weighted by Crippen LogP contribution is -2.44. The van der Waals surface area contributed by atoms with Crippen molar-refractivity contribution in [3.8, 4) is 0 Å². The van der Waals surface area contributed by atoms with Gasteiger partial charge >= 0.3 is 0 Å². The summed E-state index contributed by atoms with van der Waals surface area (Å²) < 4.78 is 5.62. The normalized spacial score (nSPS) is 20.3. The molecule has 2 aromatic rings. The Morgan fingerprint density at radius 1 is 1.22 bits per heavy atom. The molecule has 2 aliphatic heterocycles. The predicted molar refractivity (Wildman–Crippen MR) is 125 cm³/mol. The molecule has 0 unspecified atom stereocenters. The molecule has 0 radical (unpaired) electrons. The summed E-state index contributed by atoms with van der Waals surface area (Å²) in [5, 5.41) is 4.11. The highest BCUT2D eigenvalue weighted by atomic mass is 16.3. The van der Waals surface area contributed by atoms with E-state index in [9.17, 15) is 9.59 Å². The lowest BCUT2D eigenvalue weighted by Gasteiger charge is -2.25. The molecule has 0 bridgehead atoms. The van der Waals surface area contributed by atoms with Gasteiger partial charge in [-0.15, -0.1) is 0 Å². The number of anilines is 1. The van der Waals surface area contributed by atoms with Crippen LogP contribution in [-0.2, 0) is 9.59 Å². The number of hydrogen-bond acceptors (Lipinski definition) is 4. The number of hydrogen-bond donors (Lipinski definition) is 2. The Balaban J connectivity index is 1.50. The Hall–Kier alpha value is -3.36. The van der Waals surface area contributed by atoms with Crippen LogP contribution in [0.2, 0.25) is 0 Å². The number of nitrogens with one attached hydrogen (secondary N) is 1. The van der Waals surface area contributed by atoms with Crippen LogP contribution in [0.5, 0.6) is 0 Å². The zero-order valence-electron chi connectivity index (χ0n) is 18.4. The van der Waals surface area contributed by atoms with Crippen LogP contribution in [0, 0.1) is 6.92 Å². The molecule has 1 atom stereocenters. The second kappa shape index (κ2) is 9.84. The van der Waals surface area contributed by atoms with Gasteiger partial charge in [-0.3, -0.25) is 9.59 Å². The number of aryl methyl sites for hydroxylation is 1. The number of guanidine groups is 1. The van der Waals surface area contributed by atoms with Crippen molar-refractivity contribution in [3.05, 3.63) is 30.0 Å². The number of carbonyl (C=O) groups is 2. The van der Waals surface area contributed by atoms with Gasteiger partial charge in [0.05, 0.1) is 12.9 Å². The molecule has 4 rings (SSSR count). The van der Waals surface area contributed by atoms with E-state index in [1.54, 1.807) is 4.90 Å². The van der Waals surface area contributed by atoms with E-state index in [-0.39, 0.29) is 24.3 Å². The maximum Gasteiger partial charge on any atom is 0.247 e. The molecule has 1 aromatic heterocycles. The van der Waals surface area contributed by atoms with Crippen molar-refractivity contribution < 1.29 is 14.0 Å². The summed E-state index contributed by atoms with van der Waals surface area (Å²) in [5.41, 5.74) is 7.10. The van der Waals surface area contributed by atoms with Gasteiger partial charge in [-0.1, -0.05) is 0 Å². The molecule has 0 saturated carbocycles. The molecule has 2 saturated heterocycles. The van der Waals surface area contributed by atoms with E-state index in [4.69, 9.17) is 10.2 Å². The second-order valence-electron chi connectivity index (χ2n) is 8.32. The van der Waals surface area contributed by atoms with Crippen molar-refractivity contribution in [1.29, 1.82) is 0 Å². The second-order valence-corrected chi connectivity index (χ2v) is 8.32. The Labute approximate surface area is 187 Å². The van der Waals surface area contributed by atoms with Gasteiger partial charge in [-0.2, -0.15) is 0 Å². The van der Waals surface area contributed by atoms with Crippen molar-refractivity contribution in [2.45, 2.75) is 45.1 Å². The highest BCUT2D eigenvalue weighted by molar-refractivity contribution is 6.01. The van der Waals surface area contributed by atoms with E-state index >= 15 is 0 Å². The average molecular weight is 439 g/mol. The number of likely N-dealkylation sites (tertiary alicyclic amines) is 2. The highest BCUT2D eigenvalue weighted by Gasteiger charge is 2.30. The lowest BCUT2D eigenvalue weighted by atomic mass is 10.1. The SMILES string of the molecule is Cc1cc2cc(NC(N=CN)=N[C@H]3CCCCN(CC(=O)N4CCCC4)C3=O)ccc2o1. The number of carbonyl (C=O) groups excluding carboxylic acids is 2. The summed E-state index contributed by atoms with van der Waals surface area (Å²) in [4.78, 5) is 38.0. The van der Waals surface area contributed by atoms with Gasteiger partial charge in [0.1, 0.15) is 17.4 Å². The number of aliphatic imine (C=N–C) groups is 2. The molecule has 9 nitrogen and oxygen atoms in total. The minimum Gasteiger partial charge on any atom is -0.461 e. The average Bonchev–Trinajstić information content (AvgIpc) is 3.39. The van der Waals surface area contributed by atoms with Crippen molar-refractivity contribution in [1.82, 2.24) is 9.80 Å². The molecule has 0 spiro atoms. The van der Waals surface area contributed by atoms with Gasteiger partial charge in [-0.25, -0.2) is 9.98 Å². The van der Waals surface area contributed by atoms with Crippen LogP contribution in [0.4, 0.5) is 5.69 Å². The van der Waals surface area contributed by atoms with Gasteiger partial charge in [0.15, 0.2) is 0 Å². The van der Waals surface area contributed by atoms with Crippen LogP contribution in [0.3, 0.4) is 0 Å². The quantitative estimate of drug-likeness (QED) is 0.562. The zero-order valence-corrected chi connectivity index (χ0v) is 18.4. The van der Waals surface area contributed by atoms with Crippen molar-refractivity contribution in [2.24, 2.45) is 15.7 Å². The van der Waals surface area contributed by atoms with Crippen molar-refractivity contribution in [2.75, 3.05) is 31.5 Å². The number of furan rings is 1. The fourth-order valence-corrected chi connectivity index (χ4v) is 4.29. The monoisotopic (exact) mass is 438 g/mol. The largest absolute Gasteiger partial charge is 0.461 e. The summed E-state index contributed by atoms with van der Waals surface area (Å²) in [6.07, 6.45) is 5.53. The van der Waals surface area contributed by atoms with E-state index in [0.717, 1.165) is 67.5 Å². The van der Waals surface area contributed by atoms with Crippen LogP contribution >= 0.6 is 0 Å². The molecule has 3 heterocycles. The summed E-state index contributed by atoms with van der Waals surface area (Å²) in [6, 6.07) is 7.02. The number of amides is 2. The van der Waals surface area contributed by atoms with Crippen molar-refractivity contribution in [3.63, 3.8) is 0 Å². The third kappa shape index (κ3) is 5.09. The Bertz CT molecular complexity index is 1040. The molecule has 3 N–H and O–H groups in total. The number of rotatable bonds is 4. The molecule has 1 aromatic carbocycles. The first-order valence-electron chi connectivity index (χ1n) is 11.2. The first-order valence-corrected chi connectivity index (χ1v) is 11.2. The van der Waals surface area contributed by atoms with Gasteiger partial charge in [-0.05, 0) is 63.3 Å². The minimum atomic E-state index is -0.602. The maximum atomic E-state index is 13.2. The van der Waals surface area contributed by atoms with E-state index in [2.05, 4.69) is 15.3 Å². The third-order valence-corrected chi connectivity index (χ3v) is 5.91. The smallest absolute Gasteiger partial charge is 0.247 e. The van der Waals surface area contributed by atoms with E-state index in [1.165, 1.54) is 0 Å².